The summed E-state index contributed by atoms with van der Waals surface area (Å²) in [5.74, 6) is 0.274. The first-order valence-electron chi connectivity index (χ1n) is 5.64. The third-order valence-electron chi connectivity index (χ3n) is 2.80. The van der Waals surface area contributed by atoms with Gasteiger partial charge in [0.15, 0.2) is 0 Å². The maximum absolute atomic E-state index is 11.7. The molecule has 0 aliphatic carbocycles. The number of rotatable bonds is 6. The standard InChI is InChI=1S/C14H20O2/c1-14(2,16-3)10-9-13(15)11-12-7-5-4-6-8-12/h4-8H,9-11H2,1-3H3. The second kappa shape index (κ2) is 5.80. The van der Waals surface area contributed by atoms with Crippen molar-refractivity contribution in [3.05, 3.63) is 35.9 Å². The number of benzene rings is 1. The fraction of sp³-hybridized carbons (Fsp3) is 0.500. The van der Waals surface area contributed by atoms with Gasteiger partial charge in [0.1, 0.15) is 5.78 Å². The Morgan fingerprint density at radius 3 is 2.44 bits per heavy atom. The van der Waals surface area contributed by atoms with Gasteiger partial charge in [0, 0.05) is 20.0 Å². The van der Waals surface area contributed by atoms with Gasteiger partial charge in [-0.05, 0) is 25.8 Å². The number of methoxy groups -OCH3 is 1. The van der Waals surface area contributed by atoms with Crippen molar-refractivity contribution >= 4 is 5.78 Å². The van der Waals surface area contributed by atoms with E-state index in [9.17, 15) is 4.79 Å². The van der Waals surface area contributed by atoms with Crippen LogP contribution in [0.5, 0.6) is 0 Å². The summed E-state index contributed by atoms with van der Waals surface area (Å²) in [6.07, 6.45) is 1.88. The molecule has 0 unspecified atom stereocenters. The van der Waals surface area contributed by atoms with E-state index in [1.54, 1.807) is 7.11 Å². The van der Waals surface area contributed by atoms with Gasteiger partial charge in [0.2, 0.25) is 0 Å². The molecule has 88 valence electrons. The van der Waals surface area contributed by atoms with Crippen molar-refractivity contribution in [1.82, 2.24) is 0 Å². The van der Waals surface area contributed by atoms with E-state index in [0.29, 0.717) is 12.8 Å². The van der Waals surface area contributed by atoms with Gasteiger partial charge in [-0.1, -0.05) is 30.3 Å². The lowest BCUT2D eigenvalue weighted by molar-refractivity contribution is -0.119. The van der Waals surface area contributed by atoms with Crippen molar-refractivity contribution in [2.75, 3.05) is 7.11 Å². The topological polar surface area (TPSA) is 26.3 Å². The molecule has 1 aromatic carbocycles. The third-order valence-corrected chi connectivity index (χ3v) is 2.80. The van der Waals surface area contributed by atoms with Crippen LogP contribution >= 0.6 is 0 Å². The molecular weight excluding hydrogens is 200 g/mol. The zero-order valence-corrected chi connectivity index (χ0v) is 10.3. The van der Waals surface area contributed by atoms with E-state index in [4.69, 9.17) is 4.74 Å². The summed E-state index contributed by atoms with van der Waals surface area (Å²) in [5.41, 5.74) is 0.884. The lowest BCUT2D eigenvalue weighted by Crippen LogP contribution is -2.23. The molecule has 0 bridgehead atoms. The molecule has 0 aromatic heterocycles. The van der Waals surface area contributed by atoms with Crippen LogP contribution in [-0.2, 0) is 16.0 Å². The zero-order chi connectivity index (χ0) is 12.0. The molecule has 0 fully saturated rings. The SMILES string of the molecule is COC(C)(C)CCC(=O)Cc1ccccc1. The van der Waals surface area contributed by atoms with Gasteiger partial charge in [0.25, 0.3) is 0 Å². The number of hydrogen-bond donors (Lipinski definition) is 0. The van der Waals surface area contributed by atoms with E-state index < -0.39 is 0 Å². The molecule has 0 aliphatic rings. The molecular formula is C14H20O2. The van der Waals surface area contributed by atoms with Crippen LogP contribution in [0.3, 0.4) is 0 Å². The first-order valence-corrected chi connectivity index (χ1v) is 5.64. The number of ether oxygens (including phenoxy) is 1. The van der Waals surface area contributed by atoms with Gasteiger partial charge in [-0.2, -0.15) is 0 Å². The van der Waals surface area contributed by atoms with Crippen LogP contribution in [0.2, 0.25) is 0 Å². The highest BCUT2D eigenvalue weighted by molar-refractivity contribution is 5.80. The van der Waals surface area contributed by atoms with Gasteiger partial charge in [0.05, 0.1) is 5.60 Å². The quantitative estimate of drug-likeness (QED) is 0.736. The Balaban J connectivity index is 2.38. The molecule has 0 aliphatic heterocycles. The minimum Gasteiger partial charge on any atom is -0.379 e. The predicted molar refractivity (Wildman–Crippen MR) is 65.5 cm³/mol. The average Bonchev–Trinajstić information content (AvgIpc) is 2.28. The summed E-state index contributed by atoms with van der Waals surface area (Å²) in [7, 11) is 1.68. The van der Waals surface area contributed by atoms with Crippen LogP contribution in [-0.4, -0.2) is 18.5 Å². The number of ketones is 1. The van der Waals surface area contributed by atoms with Crippen LogP contribution in [0.4, 0.5) is 0 Å². The normalized spacial score (nSPS) is 11.4. The van der Waals surface area contributed by atoms with Crippen molar-refractivity contribution in [3.8, 4) is 0 Å². The Morgan fingerprint density at radius 1 is 1.25 bits per heavy atom. The first-order chi connectivity index (χ1) is 7.53. The summed E-state index contributed by atoms with van der Waals surface area (Å²) in [5, 5.41) is 0. The fourth-order valence-corrected chi connectivity index (χ4v) is 1.45. The monoisotopic (exact) mass is 220 g/mol. The highest BCUT2D eigenvalue weighted by Gasteiger charge is 2.17. The van der Waals surface area contributed by atoms with E-state index in [1.807, 2.05) is 44.2 Å². The van der Waals surface area contributed by atoms with Crippen LogP contribution < -0.4 is 0 Å². The van der Waals surface area contributed by atoms with Gasteiger partial charge in [-0.15, -0.1) is 0 Å². The molecule has 2 heteroatoms. The van der Waals surface area contributed by atoms with Crippen molar-refractivity contribution in [1.29, 1.82) is 0 Å². The van der Waals surface area contributed by atoms with Crippen molar-refractivity contribution in [2.24, 2.45) is 0 Å². The van der Waals surface area contributed by atoms with Gasteiger partial charge in [-0.3, -0.25) is 4.79 Å². The smallest absolute Gasteiger partial charge is 0.137 e. The van der Waals surface area contributed by atoms with Crippen molar-refractivity contribution < 1.29 is 9.53 Å². The van der Waals surface area contributed by atoms with Crippen LogP contribution in [0.1, 0.15) is 32.3 Å². The van der Waals surface area contributed by atoms with E-state index in [0.717, 1.165) is 12.0 Å². The molecule has 2 nitrogen and oxygen atoms in total. The molecule has 0 saturated heterocycles. The predicted octanol–water partition coefficient (Wildman–Crippen LogP) is 3.00. The summed E-state index contributed by atoms with van der Waals surface area (Å²) in [6.45, 7) is 4.01. The molecule has 0 amide bonds. The number of hydrogen-bond acceptors (Lipinski definition) is 2. The molecule has 16 heavy (non-hydrogen) atoms. The average molecular weight is 220 g/mol. The summed E-state index contributed by atoms with van der Waals surface area (Å²) >= 11 is 0. The Hall–Kier alpha value is -1.15. The van der Waals surface area contributed by atoms with E-state index >= 15 is 0 Å². The zero-order valence-electron chi connectivity index (χ0n) is 10.3. The highest BCUT2D eigenvalue weighted by atomic mass is 16.5. The molecule has 0 atom stereocenters. The van der Waals surface area contributed by atoms with Crippen LogP contribution in [0, 0.1) is 0 Å². The maximum atomic E-state index is 11.7. The number of Topliss-reactive ketones (excluding diaryl/α,β-unsaturated/α-hetero) is 1. The largest absolute Gasteiger partial charge is 0.379 e. The minimum atomic E-state index is -0.202. The fourth-order valence-electron chi connectivity index (χ4n) is 1.45. The Kier molecular flexibility index (Phi) is 4.69. The number of carbonyl (C=O) groups excluding carboxylic acids is 1. The molecule has 1 aromatic rings. The molecule has 0 radical (unpaired) electrons. The Morgan fingerprint density at radius 2 is 1.88 bits per heavy atom. The summed E-state index contributed by atoms with van der Waals surface area (Å²) in [6, 6.07) is 9.85. The second-order valence-corrected chi connectivity index (χ2v) is 4.66. The van der Waals surface area contributed by atoms with Crippen molar-refractivity contribution in [2.45, 2.75) is 38.7 Å². The summed E-state index contributed by atoms with van der Waals surface area (Å²) in [4.78, 5) is 11.7. The van der Waals surface area contributed by atoms with E-state index in [1.165, 1.54) is 0 Å². The van der Waals surface area contributed by atoms with Gasteiger partial charge >= 0.3 is 0 Å². The van der Waals surface area contributed by atoms with Gasteiger partial charge < -0.3 is 4.74 Å². The summed E-state index contributed by atoms with van der Waals surface area (Å²) < 4.78 is 5.29. The molecule has 0 N–H and O–H groups in total. The minimum absolute atomic E-state index is 0.202. The second-order valence-electron chi connectivity index (χ2n) is 4.66. The lowest BCUT2D eigenvalue weighted by Gasteiger charge is -2.22. The first kappa shape index (κ1) is 12.9. The maximum Gasteiger partial charge on any atom is 0.137 e. The molecule has 0 saturated carbocycles. The third kappa shape index (κ3) is 4.58. The van der Waals surface area contributed by atoms with Crippen LogP contribution in [0.25, 0.3) is 0 Å². The van der Waals surface area contributed by atoms with Crippen molar-refractivity contribution in [3.63, 3.8) is 0 Å². The van der Waals surface area contributed by atoms with E-state index in [2.05, 4.69) is 0 Å². The Bertz CT molecular complexity index is 328. The Labute approximate surface area is 97.6 Å². The molecule has 1 rings (SSSR count). The number of carbonyl (C=O) groups is 1. The van der Waals surface area contributed by atoms with Gasteiger partial charge in [-0.25, -0.2) is 0 Å². The lowest BCUT2D eigenvalue weighted by atomic mass is 9.98. The highest BCUT2D eigenvalue weighted by Crippen LogP contribution is 2.16. The molecule has 0 heterocycles. The molecule has 0 spiro atoms. The van der Waals surface area contributed by atoms with Crippen LogP contribution in [0.15, 0.2) is 30.3 Å². The van der Waals surface area contributed by atoms with E-state index in [-0.39, 0.29) is 11.4 Å².